The van der Waals surface area contributed by atoms with Gasteiger partial charge in [0, 0.05) is 6.42 Å². The van der Waals surface area contributed by atoms with Crippen molar-refractivity contribution in [3.63, 3.8) is 0 Å². The van der Waals surface area contributed by atoms with Crippen LogP contribution in [0.25, 0.3) is 0 Å². The zero-order chi connectivity index (χ0) is 20.7. The van der Waals surface area contributed by atoms with E-state index in [1.807, 2.05) is 0 Å². The van der Waals surface area contributed by atoms with Gasteiger partial charge in [-0.2, -0.15) is 0 Å². The van der Waals surface area contributed by atoms with Gasteiger partial charge in [-0.15, -0.1) is 0 Å². The highest BCUT2D eigenvalue weighted by Crippen LogP contribution is 2.10. The van der Waals surface area contributed by atoms with E-state index < -0.39 is 6.10 Å². The van der Waals surface area contributed by atoms with Gasteiger partial charge in [0.05, 0.1) is 26.4 Å². The molecule has 1 aliphatic heterocycles. The fraction of sp³-hybridized carbons (Fsp3) is 0.870. The zero-order valence-electron chi connectivity index (χ0n) is 18.1. The van der Waals surface area contributed by atoms with E-state index in [1.54, 1.807) is 0 Å². The molecule has 0 unspecified atom stereocenters. The summed E-state index contributed by atoms with van der Waals surface area (Å²) >= 11 is 0. The number of esters is 1. The molecule has 1 heterocycles. The molecule has 0 aromatic rings. The first-order valence-electron chi connectivity index (χ1n) is 11.4. The zero-order valence-corrected chi connectivity index (χ0v) is 18.1. The van der Waals surface area contributed by atoms with Gasteiger partial charge in [-0.3, -0.25) is 4.79 Å². The molecule has 5 nitrogen and oxygen atoms in total. The van der Waals surface area contributed by atoms with Crippen molar-refractivity contribution >= 4 is 5.97 Å². The Labute approximate surface area is 172 Å². The molecule has 0 aromatic carbocycles. The minimum absolute atomic E-state index is 0.325. The number of carbonyl (C=O) groups is 1. The lowest BCUT2D eigenvalue weighted by Gasteiger charge is -2.12. The van der Waals surface area contributed by atoms with Crippen molar-refractivity contribution < 1.29 is 24.5 Å². The smallest absolute Gasteiger partial charge is 0.306 e. The summed E-state index contributed by atoms with van der Waals surface area (Å²) in [6.45, 7) is 3.60. The molecule has 1 rings (SSSR count). The Kier molecular flexibility index (Phi) is 21.7. The van der Waals surface area contributed by atoms with E-state index in [0.29, 0.717) is 6.42 Å². The second-order valence-corrected chi connectivity index (χ2v) is 7.42. The van der Waals surface area contributed by atoms with Crippen LogP contribution in [0.15, 0.2) is 12.2 Å². The van der Waals surface area contributed by atoms with Crippen molar-refractivity contribution in [2.45, 2.75) is 103 Å². The first-order chi connectivity index (χ1) is 13.7. The summed E-state index contributed by atoms with van der Waals surface area (Å²) in [5, 5.41) is 17.7. The van der Waals surface area contributed by atoms with E-state index in [0.717, 1.165) is 38.9 Å². The Bertz CT molecular complexity index is 348. The topological polar surface area (TPSA) is 79.3 Å². The molecule has 0 spiro atoms. The SMILES string of the molecule is C1CO1.CCCCCCCC/C=C\CCCCCCCC(=O)OC(CO)CO. The summed E-state index contributed by atoms with van der Waals surface area (Å²) in [4.78, 5) is 11.5. The van der Waals surface area contributed by atoms with E-state index in [2.05, 4.69) is 23.8 Å². The van der Waals surface area contributed by atoms with E-state index in [4.69, 9.17) is 14.9 Å². The van der Waals surface area contributed by atoms with Gasteiger partial charge in [-0.05, 0) is 32.1 Å². The van der Waals surface area contributed by atoms with Crippen molar-refractivity contribution in [3.8, 4) is 0 Å². The molecular formula is C23H44O5. The summed E-state index contributed by atoms with van der Waals surface area (Å²) < 4.78 is 9.42. The standard InChI is InChI=1S/C21H40O4.C2H4O/c1-2-3-4-5-6-7-8-9-10-11-12-13-14-15-16-17-21(24)25-20(18-22)19-23;1-2-3-1/h9-10,20,22-23H,2-8,11-19H2,1H3;1-2H2/b10-9-;. The fourth-order valence-corrected chi connectivity index (χ4v) is 2.72. The largest absolute Gasteiger partial charge is 0.457 e. The highest BCUT2D eigenvalue weighted by atomic mass is 16.6. The molecule has 2 N–H and O–H groups in total. The van der Waals surface area contributed by atoms with Crippen LogP contribution in [0, 0.1) is 0 Å². The summed E-state index contributed by atoms with van der Waals surface area (Å²) in [5.41, 5.74) is 0. The third kappa shape index (κ3) is 23.1. The molecule has 0 amide bonds. The maximum Gasteiger partial charge on any atom is 0.306 e. The third-order valence-corrected chi connectivity index (χ3v) is 4.55. The summed E-state index contributed by atoms with van der Waals surface area (Å²) in [5.74, 6) is -0.328. The molecular weight excluding hydrogens is 356 g/mol. The average Bonchev–Trinajstić information content (AvgIpc) is 3.58. The Morgan fingerprint density at radius 1 is 0.857 bits per heavy atom. The molecule has 0 aromatic heterocycles. The third-order valence-electron chi connectivity index (χ3n) is 4.55. The van der Waals surface area contributed by atoms with Crippen LogP contribution in [0.4, 0.5) is 0 Å². The van der Waals surface area contributed by atoms with E-state index in [9.17, 15) is 4.79 Å². The number of unbranched alkanes of at least 4 members (excludes halogenated alkanes) is 11. The number of aliphatic hydroxyl groups is 2. The second-order valence-electron chi connectivity index (χ2n) is 7.42. The molecule has 166 valence electrons. The van der Waals surface area contributed by atoms with Crippen LogP contribution in [0.2, 0.25) is 0 Å². The quantitative estimate of drug-likeness (QED) is 0.147. The van der Waals surface area contributed by atoms with Crippen molar-refractivity contribution in [2.24, 2.45) is 0 Å². The Morgan fingerprint density at radius 2 is 1.32 bits per heavy atom. The van der Waals surface area contributed by atoms with Crippen LogP contribution in [0.3, 0.4) is 0 Å². The molecule has 0 radical (unpaired) electrons. The number of hydrogen-bond acceptors (Lipinski definition) is 5. The first kappa shape index (κ1) is 27.1. The lowest BCUT2D eigenvalue weighted by molar-refractivity contribution is -0.153. The molecule has 0 bridgehead atoms. The van der Waals surface area contributed by atoms with Crippen LogP contribution < -0.4 is 0 Å². The van der Waals surface area contributed by atoms with Gasteiger partial charge in [0.1, 0.15) is 6.10 Å². The van der Waals surface area contributed by atoms with Gasteiger partial charge in [-0.1, -0.05) is 70.4 Å². The highest BCUT2D eigenvalue weighted by molar-refractivity contribution is 5.69. The van der Waals surface area contributed by atoms with E-state index >= 15 is 0 Å². The number of hydrogen-bond donors (Lipinski definition) is 2. The van der Waals surface area contributed by atoms with Crippen molar-refractivity contribution in [3.05, 3.63) is 12.2 Å². The van der Waals surface area contributed by atoms with Gasteiger partial charge in [-0.25, -0.2) is 0 Å². The second kappa shape index (κ2) is 22.4. The number of ether oxygens (including phenoxy) is 2. The molecule has 0 aliphatic carbocycles. The Morgan fingerprint density at radius 3 is 1.79 bits per heavy atom. The maximum atomic E-state index is 11.5. The number of allylic oxidation sites excluding steroid dienone is 2. The molecule has 0 atom stereocenters. The Hall–Kier alpha value is -0.910. The van der Waals surface area contributed by atoms with E-state index in [-0.39, 0.29) is 19.2 Å². The van der Waals surface area contributed by atoms with Gasteiger partial charge < -0.3 is 19.7 Å². The number of carbonyl (C=O) groups excluding carboxylic acids is 1. The monoisotopic (exact) mass is 400 g/mol. The minimum atomic E-state index is -0.768. The predicted molar refractivity (Wildman–Crippen MR) is 114 cm³/mol. The fourth-order valence-electron chi connectivity index (χ4n) is 2.72. The Balaban J connectivity index is 0.00000219. The van der Waals surface area contributed by atoms with Crippen LogP contribution in [0.5, 0.6) is 0 Å². The van der Waals surface area contributed by atoms with Crippen LogP contribution >= 0.6 is 0 Å². The average molecular weight is 401 g/mol. The van der Waals surface area contributed by atoms with E-state index in [1.165, 1.54) is 57.8 Å². The molecule has 1 fully saturated rings. The number of rotatable bonds is 18. The molecule has 0 saturated carbocycles. The number of aliphatic hydroxyl groups excluding tert-OH is 2. The summed E-state index contributed by atoms with van der Waals surface area (Å²) in [7, 11) is 0. The van der Waals surface area contributed by atoms with Crippen LogP contribution in [-0.2, 0) is 14.3 Å². The number of epoxide rings is 1. The van der Waals surface area contributed by atoms with Crippen molar-refractivity contribution in [2.75, 3.05) is 26.4 Å². The van der Waals surface area contributed by atoms with Crippen molar-refractivity contribution in [1.29, 1.82) is 0 Å². The lowest BCUT2D eigenvalue weighted by atomic mass is 10.1. The molecule has 5 heteroatoms. The molecule has 1 saturated heterocycles. The predicted octanol–water partition coefficient (Wildman–Crippen LogP) is 4.94. The minimum Gasteiger partial charge on any atom is -0.457 e. The van der Waals surface area contributed by atoms with Crippen LogP contribution in [-0.4, -0.2) is 48.7 Å². The summed E-state index contributed by atoms with van der Waals surface area (Å²) in [6, 6.07) is 0. The van der Waals surface area contributed by atoms with Gasteiger partial charge in [0.2, 0.25) is 0 Å². The first-order valence-corrected chi connectivity index (χ1v) is 11.4. The highest BCUT2D eigenvalue weighted by Gasteiger charge is 2.11. The summed E-state index contributed by atoms with van der Waals surface area (Å²) in [6.07, 6.45) is 20.2. The van der Waals surface area contributed by atoms with Gasteiger partial charge >= 0.3 is 5.97 Å². The van der Waals surface area contributed by atoms with Crippen molar-refractivity contribution in [1.82, 2.24) is 0 Å². The molecule has 28 heavy (non-hydrogen) atoms. The maximum absolute atomic E-state index is 11.5. The van der Waals surface area contributed by atoms with Gasteiger partial charge in [0.15, 0.2) is 0 Å². The lowest BCUT2D eigenvalue weighted by Crippen LogP contribution is -2.25. The normalized spacial score (nSPS) is 12.9. The van der Waals surface area contributed by atoms with Gasteiger partial charge in [0.25, 0.3) is 0 Å². The molecule has 1 aliphatic rings. The van der Waals surface area contributed by atoms with Crippen LogP contribution in [0.1, 0.15) is 96.8 Å².